The van der Waals surface area contributed by atoms with Gasteiger partial charge in [-0.3, -0.25) is 0 Å². The SMILES string of the molecule is CC(CC(O)C(O)CCCCO)(C1CCC(O)CC1)C1CCC(O)CC1. The highest BCUT2D eigenvalue weighted by molar-refractivity contribution is 4.95. The molecule has 2 fully saturated rings. The van der Waals surface area contributed by atoms with Gasteiger partial charge in [0.25, 0.3) is 0 Å². The molecular weight excluding hydrogens is 332 g/mol. The summed E-state index contributed by atoms with van der Waals surface area (Å²) >= 11 is 0. The Balaban J connectivity index is 2.04. The second-order valence-corrected chi connectivity index (χ2v) is 9.07. The molecule has 5 N–H and O–H groups in total. The zero-order valence-electron chi connectivity index (χ0n) is 16.4. The van der Waals surface area contributed by atoms with Crippen LogP contribution < -0.4 is 0 Å². The molecule has 2 rings (SSSR count). The molecule has 2 aliphatic carbocycles. The van der Waals surface area contributed by atoms with Gasteiger partial charge in [0.05, 0.1) is 24.4 Å². The summed E-state index contributed by atoms with van der Waals surface area (Å²) in [4.78, 5) is 0. The van der Waals surface area contributed by atoms with Crippen LogP contribution in [0.25, 0.3) is 0 Å². The minimum Gasteiger partial charge on any atom is -0.396 e. The quantitative estimate of drug-likeness (QED) is 0.400. The summed E-state index contributed by atoms with van der Waals surface area (Å²) < 4.78 is 0. The maximum absolute atomic E-state index is 10.7. The normalized spacial score (nSPS) is 34.8. The van der Waals surface area contributed by atoms with Crippen molar-refractivity contribution in [1.29, 1.82) is 0 Å². The van der Waals surface area contributed by atoms with Crippen molar-refractivity contribution in [1.82, 2.24) is 0 Å². The summed E-state index contributed by atoms with van der Waals surface area (Å²) in [5.41, 5.74) is -0.0718. The first kappa shape index (κ1) is 22.1. The fourth-order valence-corrected chi connectivity index (χ4v) is 5.38. The number of unbranched alkanes of at least 4 members (excludes halogenated alkanes) is 1. The molecule has 5 heteroatoms. The highest BCUT2D eigenvalue weighted by Crippen LogP contribution is 2.51. The third-order valence-electron chi connectivity index (χ3n) is 7.26. The molecule has 0 aromatic heterocycles. The Morgan fingerprint density at radius 2 is 1.23 bits per heavy atom. The average Bonchev–Trinajstić information content (AvgIpc) is 2.62. The summed E-state index contributed by atoms with van der Waals surface area (Å²) in [6, 6.07) is 0. The van der Waals surface area contributed by atoms with Crippen LogP contribution in [-0.2, 0) is 0 Å². The third-order valence-corrected chi connectivity index (χ3v) is 7.26. The lowest BCUT2D eigenvalue weighted by molar-refractivity contribution is -0.0697. The Morgan fingerprint density at radius 3 is 1.65 bits per heavy atom. The number of rotatable bonds is 9. The molecule has 0 radical (unpaired) electrons. The summed E-state index contributed by atoms with van der Waals surface area (Å²) in [6.07, 6.45) is 7.78. The fourth-order valence-electron chi connectivity index (χ4n) is 5.38. The number of aliphatic hydroxyl groups is 5. The molecule has 26 heavy (non-hydrogen) atoms. The fraction of sp³-hybridized carbons (Fsp3) is 1.00. The van der Waals surface area contributed by atoms with Crippen LogP contribution in [0.15, 0.2) is 0 Å². The Bertz CT molecular complexity index is 364. The molecule has 2 aliphatic rings. The van der Waals surface area contributed by atoms with Crippen molar-refractivity contribution in [3.63, 3.8) is 0 Å². The van der Waals surface area contributed by atoms with E-state index in [0.29, 0.717) is 31.1 Å². The Labute approximate surface area is 158 Å². The summed E-state index contributed by atoms with van der Waals surface area (Å²) in [6.45, 7) is 2.39. The Hall–Kier alpha value is -0.200. The van der Waals surface area contributed by atoms with Gasteiger partial charge >= 0.3 is 0 Å². The van der Waals surface area contributed by atoms with Crippen molar-refractivity contribution in [2.24, 2.45) is 17.3 Å². The zero-order chi connectivity index (χ0) is 19.2. The van der Waals surface area contributed by atoms with Gasteiger partial charge < -0.3 is 25.5 Å². The number of hydrogen-bond acceptors (Lipinski definition) is 5. The van der Waals surface area contributed by atoms with Crippen molar-refractivity contribution in [2.75, 3.05) is 6.61 Å². The van der Waals surface area contributed by atoms with E-state index in [4.69, 9.17) is 5.11 Å². The van der Waals surface area contributed by atoms with Gasteiger partial charge in [-0.25, -0.2) is 0 Å². The van der Waals surface area contributed by atoms with Gasteiger partial charge in [0.2, 0.25) is 0 Å². The van der Waals surface area contributed by atoms with Crippen molar-refractivity contribution >= 4 is 0 Å². The highest BCUT2D eigenvalue weighted by Gasteiger charge is 2.45. The van der Waals surface area contributed by atoms with Crippen LogP contribution in [0.3, 0.4) is 0 Å². The minimum absolute atomic E-state index is 0.0718. The molecule has 154 valence electrons. The molecule has 0 spiro atoms. The van der Waals surface area contributed by atoms with E-state index in [2.05, 4.69) is 6.92 Å². The molecule has 0 bridgehead atoms. The Kier molecular flexibility index (Phi) is 8.81. The predicted octanol–water partition coefficient (Wildman–Crippen LogP) is 2.37. The van der Waals surface area contributed by atoms with Gasteiger partial charge in [0, 0.05) is 6.61 Å². The summed E-state index contributed by atoms with van der Waals surface area (Å²) in [5, 5.41) is 49.8. The zero-order valence-corrected chi connectivity index (χ0v) is 16.4. The van der Waals surface area contributed by atoms with E-state index in [0.717, 1.165) is 57.8 Å². The average molecular weight is 373 g/mol. The van der Waals surface area contributed by atoms with Crippen LogP contribution in [0.4, 0.5) is 0 Å². The maximum Gasteiger partial charge on any atom is 0.0804 e. The number of aliphatic hydroxyl groups excluding tert-OH is 5. The molecular formula is C21H40O5. The van der Waals surface area contributed by atoms with Gasteiger partial charge in [-0.1, -0.05) is 6.92 Å². The van der Waals surface area contributed by atoms with E-state index in [1.807, 2.05) is 0 Å². The molecule has 0 heterocycles. The second kappa shape index (κ2) is 10.4. The minimum atomic E-state index is -0.752. The van der Waals surface area contributed by atoms with E-state index in [1.165, 1.54) is 0 Å². The van der Waals surface area contributed by atoms with Gasteiger partial charge in [0.15, 0.2) is 0 Å². The lowest BCUT2D eigenvalue weighted by atomic mass is 9.57. The van der Waals surface area contributed by atoms with E-state index < -0.39 is 12.2 Å². The maximum atomic E-state index is 10.7. The molecule has 0 aromatic carbocycles. The largest absolute Gasteiger partial charge is 0.396 e. The number of hydrogen-bond donors (Lipinski definition) is 5. The highest BCUT2D eigenvalue weighted by atomic mass is 16.3. The second-order valence-electron chi connectivity index (χ2n) is 9.07. The van der Waals surface area contributed by atoms with Gasteiger partial charge in [0.1, 0.15) is 0 Å². The lowest BCUT2D eigenvalue weighted by Gasteiger charge is -2.49. The lowest BCUT2D eigenvalue weighted by Crippen LogP contribution is -2.44. The molecule has 0 aliphatic heterocycles. The van der Waals surface area contributed by atoms with Gasteiger partial charge in [-0.2, -0.15) is 0 Å². The van der Waals surface area contributed by atoms with Gasteiger partial charge in [-0.05, 0) is 94.3 Å². The van der Waals surface area contributed by atoms with Crippen molar-refractivity contribution in [2.45, 2.75) is 108 Å². The molecule has 0 amide bonds. The van der Waals surface area contributed by atoms with Crippen LogP contribution in [0.1, 0.15) is 84.0 Å². The van der Waals surface area contributed by atoms with Crippen LogP contribution >= 0.6 is 0 Å². The molecule has 5 nitrogen and oxygen atoms in total. The van der Waals surface area contributed by atoms with Crippen LogP contribution in [0, 0.1) is 17.3 Å². The van der Waals surface area contributed by atoms with Crippen LogP contribution in [-0.4, -0.2) is 56.6 Å². The molecule has 0 aromatic rings. The standard InChI is InChI=1S/C21H40O5/c1-21(15-5-9-17(23)10-6-15,16-7-11-18(24)12-8-16)14-20(26)19(25)4-2-3-13-22/h15-20,22-26H,2-14H2,1H3. The summed E-state index contributed by atoms with van der Waals surface area (Å²) in [7, 11) is 0. The first-order valence-electron chi connectivity index (χ1n) is 10.7. The molecule has 2 unspecified atom stereocenters. The van der Waals surface area contributed by atoms with Gasteiger partial charge in [-0.15, -0.1) is 0 Å². The third kappa shape index (κ3) is 5.90. The first-order valence-corrected chi connectivity index (χ1v) is 10.7. The van der Waals surface area contributed by atoms with Crippen molar-refractivity contribution in [3.05, 3.63) is 0 Å². The van der Waals surface area contributed by atoms with E-state index in [9.17, 15) is 20.4 Å². The predicted molar refractivity (Wildman–Crippen MR) is 102 cm³/mol. The summed E-state index contributed by atoms with van der Waals surface area (Å²) in [5.74, 6) is 0.899. The van der Waals surface area contributed by atoms with Crippen LogP contribution in [0.5, 0.6) is 0 Å². The van der Waals surface area contributed by atoms with E-state index >= 15 is 0 Å². The monoisotopic (exact) mass is 372 g/mol. The molecule has 2 saturated carbocycles. The molecule has 2 atom stereocenters. The topological polar surface area (TPSA) is 101 Å². The Morgan fingerprint density at radius 1 is 0.769 bits per heavy atom. The van der Waals surface area contributed by atoms with Crippen molar-refractivity contribution < 1.29 is 25.5 Å². The van der Waals surface area contributed by atoms with Crippen molar-refractivity contribution in [3.8, 4) is 0 Å². The van der Waals surface area contributed by atoms with E-state index in [-0.39, 0.29) is 24.2 Å². The van der Waals surface area contributed by atoms with Crippen LogP contribution in [0.2, 0.25) is 0 Å². The smallest absolute Gasteiger partial charge is 0.0804 e. The first-order chi connectivity index (χ1) is 12.4. The van der Waals surface area contributed by atoms with E-state index in [1.54, 1.807) is 0 Å². The molecule has 0 saturated heterocycles.